The maximum atomic E-state index is 7.22. The summed E-state index contributed by atoms with van der Waals surface area (Å²) in [6, 6.07) is 63.5. The van der Waals surface area contributed by atoms with Gasteiger partial charge < -0.3 is 19.1 Å². The summed E-state index contributed by atoms with van der Waals surface area (Å²) in [5.74, 6) is 0. The molecule has 8 aromatic carbocycles. The van der Waals surface area contributed by atoms with Gasteiger partial charge in [0.2, 0.25) is 0 Å². The minimum Gasteiger partial charge on any atom is -0.454 e. The number of nitrogens with zero attached hydrogens (tertiary/aromatic N) is 3. The Hall–Kier alpha value is -6.98. The zero-order valence-electron chi connectivity index (χ0n) is 31.6. The lowest BCUT2D eigenvalue weighted by molar-refractivity contribution is 0.669. The zero-order chi connectivity index (χ0) is 37.5. The third kappa shape index (κ3) is 4.80. The smallest absolute Gasteiger partial charge is 0.252 e. The Balaban J connectivity index is 1.20. The first-order chi connectivity index (χ1) is 27.5. The number of rotatable bonds is 5. The van der Waals surface area contributed by atoms with Crippen LogP contribution in [0.3, 0.4) is 0 Å². The normalized spacial score (nSPS) is 12.8. The zero-order valence-corrected chi connectivity index (χ0v) is 31.6. The van der Waals surface area contributed by atoms with Crippen molar-refractivity contribution in [3.8, 4) is 0 Å². The molecule has 0 bridgehead atoms. The molecule has 0 saturated heterocycles. The molecule has 266 valence electrons. The molecule has 3 heterocycles. The first kappa shape index (κ1) is 32.5. The van der Waals surface area contributed by atoms with Crippen LogP contribution < -0.4 is 31.1 Å². The highest BCUT2D eigenvalue weighted by atomic mass is 16.3. The van der Waals surface area contributed by atoms with Gasteiger partial charge in [0.05, 0.1) is 11.4 Å². The Bertz CT molecular complexity index is 2910. The fraction of sp³-hybridized carbons (Fsp3) is 0.0588. The predicted octanol–water partition coefficient (Wildman–Crippen LogP) is 12.1. The second-order valence-corrected chi connectivity index (χ2v) is 15.1. The molecule has 0 atom stereocenters. The van der Waals surface area contributed by atoms with Crippen LogP contribution in [0.1, 0.15) is 16.7 Å². The van der Waals surface area contributed by atoms with Crippen LogP contribution in [-0.4, -0.2) is 6.71 Å². The molecule has 56 heavy (non-hydrogen) atoms. The second-order valence-electron chi connectivity index (χ2n) is 15.1. The van der Waals surface area contributed by atoms with Gasteiger partial charge in [0.15, 0.2) is 5.58 Å². The maximum absolute atomic E-state index is 7.22. The standard InChI is InChI=1S/C51H38BN3O/c1-33-30-34(2)49(35(3)31-33)55-46-25-15-24-45-48(46)52(42-22-13-14-23-44(42)54(45)38-20-11-6-12-21-38)43-29-28-41-40-27-26-39(32-47(40)56-51(41)50(43)55)53(36-16-7-4-8-17-36)37-18-9-5-10-19-37/h4-32H,1-3H3. The molecule has 2 aliphatic heterocycles. The Labute approximate surface area is 327 Å². The Morgan fingerprint density at radius 3 is 1.75 bits per heavy atom. The fourth-order valence-corrected chi connectivity index (χ4v) is 9.54. The lowest BCUT2D eigenvalue weighted by Gasteiger charge is -2.44. The molecule has 1 aromatic heterocycles. The average molecular weight is 720 g/mol. The van der Waals surface area contributed by atoms with Crippen LogP contribution in [-0.2, 0) is 0 Å². The van der Waals surface area contributed by atoms with E-state index in [-0.39, 0.29) is 6.71 Å². The molecule has 4 nitrogen and oxygen atoms in total. The maximum Gasteiger partial charge on any atom is 0.252 e. The Morgan fingerprint density at radius 2 is 1.05 bits per heavy atom. The van der Waals surface area contributed by atoms with Crippen molar-refractivity contribution < 1.29 is 4.42 Å². The minimum absolute atomic E-state index is 0.00880. The number of furan rings is 1. The van der Waals surface area contributed by atoms with Gasteiger partial charge in [0.25, 0.3) is 6.71 Å². The molecule has 0 aliphatic carbocycles. The topological polar surface area (TPSA) is 22.9 Å². The third-order valence-electron chi connectivity index (χ3n) is 11.6. The van der Waals surface area contributed by atoms with Gasteiger partial charge in [-0.25, -0.2) is 0 Å². The third-order valence-corrected chi connectivity index (χ3v) is 11.6. The van der Waals surface area contributed by atoms with Gasteiger partial charge in [-0.05, 0) is 115 Å². The summed E-state index contributed by atoms with van der Waals surface area (Å²) < 4.78 is 7.22. The van der Waals surface area contributed by atoms with Crippen LogP contribution >= 0.6 is 0 Å². The second kappa shape index (κ2) is 12.5. The average Bonchev–Trinajstić information content (AvgIpc) is 3.60. The summed E-state index contributed by atoms with van der Waals surface area (Å²) in [4.78, 5) is 7.25. The molecule has 0 N–H and O–H groups in total. The lowest BCUT2D eigenvalue weighted by Crippen LogP contribution is -2.61. The quantitative estimate of drug-likeness (QED) is 0.165. The summed E-state index contributed by atoms with van der Waals surface area (Å²) in [6.45, 7) is 6.69. The molecule has 0 spiro atoms. The largest absolute Gasteiger partial charge is 0.454 e. The van der Waals surface area contributed by atoms with Crippen molar-refractivity contribution in [1.29, 1.82) is 0 Å². The fourth-order valence-electron chi connectivity index (χ4n) is 9.54. The van der Waals surface area contributed by atoms with Gasteiger partial charge in [0.1, 0.15) is 5.58 Å². The van der Waals surface area contributed by atoms with Crippen LogP contribution in [0.4, 0.5) is 51.2 Å². The molecule has 2 aliphatic rings. The van der Waals surface area contributed by atoms with Crippen molar-refractivity contribution in [2.75, 3.05) is 14.7 Å². The van der Waals surface area contributed by atoms with Crippen molar-refractivity contribution in [2.45, 2.75) is 20.8 Å². The molecule has 0 radical (unpaired) electrons. The lowest BCUT2D eigenvalue weighted by atomic mass is 9.33. The van der Waals surface area contributed by atoms with E-state index in [1.54, 1.807) is 0 Å². The van der Waals surface area contributed by atoms with Gasteiger partial charge in [0, 0.05) is 56.7 Å². The van der Waals surface area contributed by atoms with Gasteiger partial charge in [-0.2, -0.15) is 0 Å². The first-order valence-electron chi connectivity index (χ1n) is 19.4. The van der Waals surface area contributed by atoms with Crippen molar-refractivity contribution in [2.24, 2.45) is 0 Å². The Morgan fingerprint density at radius 1 is 0.464 bits per heavy atom. The van der Waals surface area contributed by atoms with Crippen molar-refractivity contribution in [3.63, 3.8) is 0 Å². The van der Waals surface area contributed by atoms with E-state index in [2.05, 4.69) is 211 Å². The summed E-state index contributed by atoms with van der Waals surface area (Å²) in [7, 11) is 0. The summed E-state index contributed by atoms with van der Waals surface area (Å²) in [5.41, 5.74) is 19.6. The predicted molar refractivity (Wildman–Crippen MR) is 237 cm³/mol. The molecular formula is C51H38BN3O. The molecule has 11 rings (SSSR count). The van der Waals surface area contributed by atoms with Crippen LogP contribution in [0, 0.1) is 20.8 Å². The SMILES string of the molecule is Cc1cc(C)c(N2c3cccc4c3B(c3ccccc3N4c3ccccc3)c3ccc4c(oc5cc(N(c6ccccc6)c6ccccc6)ccc54)c32)c(C)c1. The molecule has 0 fully saturated rings. The van der Waals surface area contributed by atoms with Gasteiger partial charge in [-0.15, -0.1) is 0 Å². The monoisotopic (exact) mass is 719 g/mol. The van der Waals surface area contributed by atoms with Crippen LogP contribution in [0.15, 0.2) is 180 Å². The summed E-state index contributed by atoms with van der Waals surface area (Å²) >= 11 is 0. The van der Waals surface area contributed by atoms with Crippen molar-refractivity contribution in [3.05, 3.63) is 193 Å². The highest BCUT2D eigenvalue weighted by Crippen LogP contribution is 2.49. The van der Waals surface area contributed by atoms with Crippen LogP contribution in [0.25, 0.3) is 21.9 Å². The van der Waals surface area contributed by atoms with Gasteiger partial charge in [-0.3, -0.25) is 0 Å². The molecule has 0 amide bonds. The van der Waals surface area contributed by atoms with Crippen molar-refractivity contribution >= 4 is 96.2 Å². The number of hydrogen-bond donors (Lipinski definition) is 0. The number of aryl methyl sites for hydroxylation is 3. The van der Waals surface area contributed by atoms with Crippen LogP contribution in [0.5, 0.6) is 0 Å². The van der Waals surface area contributed by atoms with Crippen molar-refractivity contribution in [1.82, 2.24) is 0 Å². The van der Waals surface area contributed by atoms with E-state index >= 15 is 0 Å². The number of hydrogen-bond acceptors (Lipinski definition) is 4. The van der Waals surface area contributed by atoms with E-state index < -0.39 is 0 Å². The van der Waals surface area contributed by atoms with Gasteiger partial charge >= 0.3 is 0 Å². The van der Waals surface area contributed by atoms with E-state index in [0.29, 0.717) is 0 Å². The highest BCUT2D eigenvalue weighted by molar-refractivity contribution is 7.00. The minimum atomic E-state index is 0.00880. The Kier molecular flexibility index (Phi) is 7.27. The number of para-hydroxylation sites is 4. The van der Waals surface area contributed by atoms with Gasteiger partial charge in [-0.1, -0.05) is 109 Å². The molecule has 0 saturated carbocycles. The molecule has 0 unspecified atom stereocenters. The number of benzene rings is 8. The first-order valence-corrected chi connectivity index (χ1v) is 19.4. The molecule has 5 heteroatoms. The van der Waals surface area contributed by atoms with E-state index in [1.165, 1.54) is 55.8 Å². The van der Waals surface area contributed by atoms with E-state index in [4.69, 9.17) is 4.42 Å². The number of anilines is 9. The molecular weight excluding hydrogens is 681 g/mol. The summed E-state index contributed by atoms with van der Waals surface area (Å²) in [5, 5.41) is 2.21. The molecule has 9 aromatic rings. The highest BCUT2D eigenvalue weighted by Gasteiger charge is 2.44. The van der Waals surface area contributed by atoms with E-state index in [0.717, 1.165) is 50.4 Å². The number of fused-ring (bicyclic) bond motifs is 8. The van der Waals surface area contributed by atoms with E-state index in [1.807, 2.05) is 0 Å². The summed E-state index contributed by atoms with van der Waals surface area (Å²) in [6.07, 6.45) is 0. The van der Waals surface area contributed by atoms with Crippen LogP contribution in [0.2, 0.25) is 0 Å². The van der Waals surface area contributed by atoms with E-state index in [9.17, 15) is 0 Å².